The maximum Gasteiger partial charge on any atom is 0.245 e. The summed E-state index contributed by atoms with van der Waals surface area (Å²) >= 11 is 1.57. The summed E-state index contributed by atoms with van der Waals surface area (Å²) in [4.78, 5) is 11.2. The molecule has 6 nitrogen and oxygen atoms in total. The maximum absolute atomic E-state index is 4.61. The van der Waals surface area contributed by atoms with E-state index >= 15 is 0 Å². The largest absolute Gasteiger partial charge is 0.335 e. The first-order chi connectivity index (χ1) is 9.42. The standard InChI is InChI=1S/C12H16N6S/c1-2-8-4-13-5-10(8)18(3-1)12-15-11(16-17-12)9-6-19-7-14-9/h6-8,10,13H,1-5H2,(H,15,16,17). The van der Waals surface area contributed by atoms with Crippen LogP contribution in [0.15, 0.2) is 10.9 Å². The summed E-state index contributed by atoms with van der Waals surface area (Å²) in [6.07, 6.45) is 2.54. The Labute approximate surface area is 115 Å². The SMILES string of the molecule is c1nc(-c2nc(N3CCCC4CNCC43)n[nH]2)cs1. The van der Waals surface area contributed by atoms with Crippen LogP contribution in [0.1, 0.15) is 12.8 Å². The highest BCUT2D eigenvalue weighted by atomic mass is 32.1. The molecule has 0 aliphatic carbocycles. The third-order valence-corrected chi connectivity index (χ3v) is 4.67. The van der Waals surface area contributed by atoms with Crippen LogP contribution in [0.25, 0.3) is 11.5 Å². The fourth-order valence-corrected chi connectivity index (χ4v) is 3.68. The average molecular weight is 276 g/mol. The van der Waals surface area contributed by atoms with Gasteiger partial charge in [-0.2, -0.15) is 4.98 Å². The number of hydrogen-bond donors (Lipinski definition) is 2. The van der Waals surface area contributed by atoms with Gasteiger partial charge in [0.05, 0.1) is 5.51 Å². The van der Waals surface area contributed by atoms with Gasteiger partial charge in [0.15, 0.2) is 5.82 Å². The van der Waals surface area contributed by atoms with E-state index in [0.717, 1.165) is 43.0 Å². The zero-order chi connectivity index (χ0) is 12.7. The van der Waals surface area contributed by atoms with E-state index in [1.54, 1.807) is 11.3 Å². The van der Waals surface area contributed by atoms with Gasteiger partial charge < -0.3 is 10.2 Å². The van der Waals surface area contributed by atoms with Crippen LogP contribution in [0.5, 0.6) is 0 Å². The molecule has 0 aromatic carbocycles. The molecule has 2 aromatic heterocycles. The van der Waals surface area contributed by atoms with Crippen LogP contribution in [-0.2, 0) is 0 Å². The first-order valence-electron chi connectivity index (χ1n) is 6.70. The van der Waals surface area contributed by atoms with Gasteiger partial charge in [0.25, 0.3) is 0 Å². The van der Waals surface area contributed by atoms with Crippen molar-refractivity contribution in [3.63, 3.8) is 0 Å². The van der Waals surface area contributed by atoms with E-state index < -0.39 is 0 Å². The highest BCUT2D eigenvalue weighted by molar-refractivity contribution is 7.07. The number of aromatic amines is 1. The van der Waals surface area contributed by atoms with Gasteiger partial charge in [-0.05, 0) is 18.8 Å². The third kappa shape index (κ3) is 1.93. The van der Waals surface area contributed by atoms with Crippen LogP contribution >= 0.6 is 11.3 Å². The Bertz CT molecular complexity index is 550. The smallest absolute Gasteiger partial charge is 0.245 e. The van der Waals surface area contributed by atoms with E-state index in [1.165, 1.54) is 12.8 Å². The van der Waals surface area contributed by atoms with Gasteiger partial charge in [-0.25, -0.2) is 4.98 Å². The third-order valence-electron chi connectivity index (χ3n) is 4.08. The normalized spacial score (nSPS) is 26.6. The first-order valence-corrected chi connectivity index (χ1v) is 7.64. The predicted molar refractivity (Wildman–Crippen MR) is 74.2 cm³/mol. The molecular weight excluding hydrogens is 260 g/mol. The summed E-state index contributed by atoms with van der Waals surface area (Å²) < 4.78 is 0. The molecule has 2 N–H and O–H groups in total. The summed E-state index contributed by atoms with van der Waals surface area (Å²) in [6.45, 7) is 3.23. The van der Waals surface area contributed by atoms with Crippen molar-refractivity contribution in [2.75, 3.05) is 24.5 Å². The van der Waals surface area contributed by atoms with Crippen molar-refractivity contribution in [1.29, 1.82) is 0 Å². The Morgan fingerprint density at radius 3 is 3.26 bits per heavy atom. The van der Waals surface area contributed by atoms with Crippen molar-refractivity contribution in [2.45, 2.75) is 18.9 Å². The molecule has 0 spiro atoms. The lowest BCUT2D eigenvalue weighted by Gasteiger charge is -2.36. The highest BCUT2D eigenvalue weighted by Crippen LogP contribution is 2.29. The minimum atomic E-state index is 0.549. The van der Waals surface area contributed by atoms with E-state index in [4.69, 9.17) is 0 Å². The van der Waals surface area contributed by atoms with Crippen molar-refractivity contribution >= 4 is 17.3 Å². The van der Waals surface area contributed by atoms with Crippen LogP contribution in [-0.4, -0.2) is 45.8 Å². The lowest BCUT2D eigenvalue weighted by molar-refractivity contribution is 0.381. The molecule has 2 fully saturated rings. The van der Waals surface area contributed by atoms with Crippen molar-refractivity contribution in [2.24, 2.45) is 5.92 Å². The molecule has 100 valence electrons. The fraction of sp³-hybridized carbons (Fsp3) is 0.583. The molecule has 2 aromatic rings. The summed E-state index contributed by atoms with van der Waals surface area (Å²) in [5.74, 6) is 2.33. The quantitative estimate of drug-likeness (QED) is 0.860. The van der Waals surface area contributed by atoms with Crippen LogP contribution in [0.2, 0.25) is 0 Å². The van der Waals surface area contributed by atoms with Crippen LogP contribution in [0.4, 0.5) is 5.95 Å². The number of nitrogens with one attached hydrogen (secondary N) is 2. The summed E-state index contributed by atoms with van der Waals surface area (Å²) in [5.41, 5.74) is 2.69. The second-order valence-corrected chi connectivity index (χ2v) is 5.90. The fourth-order valence-electron chi connectivity index (χ4n) is 3.14. The number of nitrogens with zero attached hydrogens (tertiary/aromatic N) is 4. The molecular formula is C12H16N6S. The van der Waals surface area contributed by atoms with Crippen molar-refractivity contribution in [1.82, 2.24) is 25.5 Å². The van der Waals surface area contributed by atoms with Gasteiger partial charge in [0, 0.05) is 31.1 Å². The van der Waals surface area contributed by atoms with Gasteiger partial charge in [-0.3, -0.25) is 5.10 Å². The lowest BCUT2D eigenvalue weighted by Crippen LogP contribution is -2.45. The van der Waals surface area contributed by atoms with Crippen LogP contribution < -0.4 is 10.2 Å². The number of rotatable bonds is 2. The molecule has 0 saturated carbocycles. The van der Waals surface area contributed by atoms with E-state index in [9.17, 15) is 0 Å². The lowest BCUT2D eigenvalue weighted by atomic mass is 9.92. The van der Waals surface area contributed by atoms with E-state index in [0.29, 0.717) is 6.04 Å². The zero-order valence-corrected chi connectivity index (χ0v) is 11.4. The second kappa shape index (κ2) is 4.57. The molecule has 0 bridgehead atoms. The molecule has 0 amide bonds. The Hall–Kier alpha value is -1.47. The van der Waals surface area contributed by atoms with Gasteiger partial charge in [0.2, 0.25) is 5.95 Å². The molecule has 2 atom stereocenters. The van der Waals surface area contributed by atoms with E-state index in [-0.39, 0.29) is 0 Å². The topological polar surface area (TPSA) is 69.7 Å². The number of anilines is 1. The Morgan fingerprint density at radius 2 is 2.37 bits per heavy atom. The molecule has 2 aliphatic heterocycles. The molecule has 2 aliphatic rings. The Balaban J connectivity index is 1.62. The van der Waals surface area contributed by atoms with Gasteiger partial charge in [-0.1, -0.05) is 0 Å². The molecule has 19 heavy (non-hydrogen) atoms. The molecule has 2 saturated heterocycles. The number of H-pyrrole nitrogens is 1. The molecule has 4 rings (SSSR count). The van der Waals surface area contributed by atoms with Crippen molar-refractivity contribution in [3.05, 3.63) is 10.9 Å². The molecule has 2 unspecified atom stereocenters. The number of aromatic nitrogens is 4. The van der Waals surface area contributed by atoms with E-state index in [2.05, 4.69) is 30.4 Å². The van der Waals surface area contributed by atoms with Crippen LogP contribution in [0.3, 0.4) is 0 Å². The van der Waals surface area contributed by atoms with Gasteiger partial charge in [-0.15, -0.1) is 16.4 Å². The average Bonchev–Trinajstić information content (AvgIpc) is 3.18. The number of fused-ring (bicyclic) bond motifs is 1. The van der Waals surface area contributed by atoms with Crippen molar-refractivity contribution in [3.8, 4) is 11.5 Å². The van der Waals surface area contributed by atoms with Crippen LogP contribution in [0, 0.1) is 5.92 Å². The molecule has 4 heterocycles. The molecule has 0 radical (unpaired) electrons. The number of thiazole rings is 1. The summed E-state index contributed by atoms with van der Waals surface area (Å²) in [6, 6.07) is 0.549. The predicted octanol–water partition coefficient (Wildman–Crippen LogP) is 1.12. The Morgan fingerprint density at radius 1 is 1.37 bits per heavy atom. The summed E-state index contributed by atoms with van der Waals surface area (Å²) in [7, 11) is 0. The number of hydrogen-bond acceptors (Lipinski definition) is 6. The van der Waals surface area contributed by atoms with Gasteiger partial charge >= 0.3 is 0 Å². The summed E-state index contributed by atoms with van der Waals surface area (Å²) in [5, 5.41) is 12.9. The Kier molecular flexibility index (Phi) is 2.73. The van der Waals surface area contributed by atoms with Gasteiger partial charge in [0.1, 0.15) is 5.69 Å². The second-order valence-electron chi connectivity index (χ2n) is 5.18. The van der Waals surface area contributed by atoms with Crippen molar-refractivity contribution < 1.29 is 0 Å². The minimum Gasteiger partial charge on any atom is -0.335 e. The molecule has 7 heteroatoms. The van der Waals surface area contributed by atoms with E-state index in [1.807, 2.05) is 10.9 Å². The highest BCUT2D eigenvalue weighted by Gasteiger charge is 2.36. The maximum atomic E-state index is 4.61. The minimum absolute atomic E-state index is 0.549. The zero-order valence-electron chi connectivity index (χ0n) is 10.5. The first kappa shape index (κ1) is 11.4. The number of piperidine rings is 1. The monoisotopic (exact) mass is 276 g/mol.